The zero-order chi connectivity index (χ0) is 38.6. The highest BCUT2D eigenvalue weighted by Gasteiger charge is 2.50. The van der Waals surface area contributed by atoms with Gasteiger partial charge in [0.15, 0.2) is 5.82 Å². The van der Waals surface area contributed by atoms with Crippen molar-refractivity contribution >= 4 is 11.8 Å². The average molecular weight is 756 g/mol. The van der Waals surface area contributed by atoms with E-state index < -0.39 is 5.41 Å². The van der Waals surface area contributed by atoms with Crippen LogP contribution in [0.25, 0.3) is 67.3 Å². The topological polar surface area (TPSA) is 49.6 Å². The minimum atomic E-state index is -0.494. The molecule has 270 valence electrons. The van der Waals surface area contributed by atoms with Crippen LogP contribution in [-0.2, 0) is 5.41 Å². The Hall–Kier alpha value is -7.32. The third-order valence-electron chi connectivity index (χ3n) is 11.6. The average Bonchev–Trinajstić information content (AvgIpc) is 3.59. The van der Waals surface area contributed by atoms with Crippen LogP contribution >= 0.6 is 11.8 Å². The van der Waals surface area contributed by atoms with Crippen LogP contribution in [0.2, 0.25) is 0 Å². The molecule has 0 unspecified atom stereocenters. The Balaban J connectivity index is 1.08. The van der Waals surface area contributed by atoms with Gasteiger partial charge in [-0.05, 0) is 92.0 Å². The summed E-state index contributed by atoms with van der Waals surface area (Å²) in [4.78, 5) is 12.7. The Morgan fingerprint density at radius 1 is 0.397 bits per heavy atom. The lowest BCUT2D eigenvalue weighted by atomic mass is 9.67. The molecule has 58 heavy (non-hydrogen) atoms. The first kappa shape index (κ1) is 34.0. The van der Waals surface area contributed by atoms with Crippen LogP contribution in [0.4, 0.5) is 0 Å². The standard InChI is InChI=1S/C54H33N3S/c55-34-35-22-24-37(25-23-35)42-16-11-19-47-52(42)43-32-41(30-31-44(43)54(47)45-17-7-9-20-50(45)58-51-21-10-8-18-46(51)54)36-26-28-40(29-27-36)53-56-48(38-12-3-1-4-13-38)33-49(57-53)39-14-5-2-6-15-39/h1-33H. The van der Waals surface area contributed by atoms with Crippen molar-refractivity contribution in [3.63, 3.8) is 0 Å². The van der Waals surface area contributed by atoms with Crippen molar-refractivity contribution in [3.05, 3.63) is 228 Å². The highest BCUT2D eigenvalue weighted by molar-refractivity contribution is 7.99. The van der Waals surface area contributed by atoms with Gasteiger partial charge in [0.2, 0.25) is 0 Å². The molecular weight excluding hydrogens is 723 g/mol. The molecule has 4 heteroatoms. The van der Waals surface area contributed by atoms with Crippen molar-refractivity contribution in [1.82, 2.24) is 9.97 Å². The van der Waals surface area contributed by atoms with Crippen molar-refractivity contribution in [3.8, 4) is 73.4 Å². The fourth-order valence-electron chi connectivity index (χ4n) is 9.00. The third-order valence-corrected chi connectivity index (χ3v) is 12.8. The second kappa shape index (κ2) is 13.7. The molecular formula is C54H33N3S. The number of rotatable bonds is 5. The smallest absolute Gasteiger partial charge is 0.160 e. The third kappa shape index (κ3) is 5.36. The second-order valence-electron chi connectivity index (χ2n) is 14.8. The molecule has 0 saturated carbocycles. The van der Waals surface area contributed by atoms with Gasteiger partial charge in [0.05, 0.1) is 28.4 Å². The highest BCUT2D eigenvalue weighted by Crippen LogP contribution is 2.63. The molecule has 1 spiro atoms. The van der Waals surface area contributed by atoms with Gasteiger partial charge in [-0.25, -0.2) is 9.97 Å². The van der Waals surface area contributed by atoms with E-state index in [0.29, 0.717) is 11.4 Å². The number of fused-ring (bicyclic) bond motifs is 9. The summed E-state index contributed by atoms with van der Waals surface area (Å²) in [6, 6.07) is 73.2. The van der Waals surface area contributed by atoms with Crippen LogP contribution in [0.1, 0.15) is 27.8 Å². The summed E-state index contributed by atoms with van der Waals surface area (Å²) in [6.07, 6.45) is 0. The molecule has 9 aromatic rings. The molecule has 0 bridgehead atoms. The van der Waals surface area contributed by atoms with Gasteiger partial charge in [0, 0.05) is 26.5 Å². The quantitative estimate of drug-likeness (QED) is 0.175. The van der Waals surface area contributed by atoms with Crippen LogP contribution in [-0.4, -0.2) is 9.97 Å². The van der Waals surface area contributed by atoms with E-state index in [0.717, 1.165) is 50.3 Å². The van der Waals surface area contributed by atoms with E-state index in [9.17, 15) is 5.26 Å². The van der Waals surface area contributed by atoms with Crippen molar-refractivity contribution in [1.29, 1.82) is 5.26 Å². The van der Waals surface area contributed by atoms with Gasteiger partial charge < -0.3 is 0 Å². The Kier molecular flexibility index (Phi) is 8.03. The second-order valence-corrected chi connectivity index (χ2v) is 15.9. The molecule has 1 aliphatic heterocycles. The van der Waals surface area contributed by atoms with E-state index in [2.05, 4.69) is 158 Å². The van der Waals surface area contributed by atoms with Crippen LogP contribution in [0.3, 0.4) is 0 Å². The number of hydrogen-bond acceptors (Lipinski definition) is 4. The maximum absolute atomic E-state index is 9.62. The minimum Gasteiger partial charge on any atom is -0.228 e. The molecule has 0 N–H and O–H groups in total. The zero-order valence-electron chi connectivity index (χ0n) is 31.3. The lowest BCUT2D eigenvalue weighted by Crippen LogP contribution is -2.31. The highest BCUT2D eigenvalue weighted by atomic mass is 32.2. The maximum atomic E-state index is 9.62. The molecule has 2 heterocycles. The van der Waals surface area contributed by atoms with Gasteiger partial charge >= 0.3 is 0 Å². The normalized spacial score (nSPS) is 12.9. The molecule has 0 amide bonds. The van der Waals surface area contributed by atoms with Crippen LogP contribution in [0, 0.1) is 11.3 Å². The fraction of sp³-hybridized carbons (Fsp3) is 0.0185. The van der Waals surface area contributed by atoms with Crippen molar-refractivity contribution in [2.45, 2.75) is 15.2 Å². The first-order valence-corrected chi connectivity index (χ1v) is 20.3. The number of aromatic nitrogens is 2. The van der Waals surface area contributed by atoms with E-state index in [4.69, 9.17) is 9.97 Å². The van der Waals surface area contributed by atoms with Gasteiger partial charge in [-0.15, -0.1) is 0 Å². The van der Waals surface area contributed by atoms with Crippen LogP contribution in [0.5, 0.6) is 0 Å². The summed E-state index contributed by atoms with van der Waals surface area (Å²) in [5.41, 5.74) is 17.1. The number of nitriles is 1. The molecule has 11 rings (SSSR count). The van der Waals surface area contributed by atoms with E-state index in [1.54, 1.807) is 0 Å². The maximum Gasteiger partial charge on any atom is 0.160 e. The molecule has 2 aliphatic rings. The molecule has 3 nitrogen and oxygen atoms in total. The summed E-state index contributed by atoms with van der Waals surface area (Å²) >= 11 is 1.85. The van der Waals surface area contributed by atoms with E-state index in [-0.39, 0.29) is 0 Å². The SMILES string of the molecule is N#Cc1ccc(-c2cccc3c2-c2cc(-c4ccc(-c5nc(-c6ccccc6)cc(-c6ccccc6)n5)cc4)ccc2C32c3ccccc3Sc3ccccc32)cc1. The summed E-state index contributed by atoms with van der Waals surface area (Å²) < 4.78 is 0. The lowest BCUT2D eigenvalue weighted by molar-refractivity contribution is 0.722. The molecule has 1 aromatic heterocycles. The minimum absolute atomic E-state index is 0.494. The monoisotopic (exact) mass is 755 g/mol. The number of hydrogen-bond donors (Lipinski definition) is 0. The number of benzene rings is 8. The van der Waals surface area contributed by atoms with E-state index >= 15 is 0 Å². The van der Waals surface area contributed by atoms with Crippen molar-refractivity contribution < 1.29 is 0 Å². The predicted molar refractivity (Wildman–Crippen MR) is 235 cm³/mol. The molecule has 1 aliphatic carbocycles. The lowest BCUT2D eigenvalue weighted by Gasteiger charge is -2.39. The van der Waals surface area contributed by atoms with Crippen LogP contribution < -0.4 is 0 Å². The van der Waals surface area contributed by atoms with Gasteiger partial charge in [-0.2, -0.15) is 5.26 Å². The Morgan fingerprint density at radius 2 is 0.931 bits per heavy atom. The van der Waals surface area contributed by atoms with Crippen molar-refractivity contribution in [2.24, 2.45) is 0 Å². The van der Waals surface area contributed by atoms with Crippen molar-refractivity contribution in [2.75, 3.05) is 0 Å². The zero-order valence-corrected chi connectivity index (χ0v) is 32.1. The van der Waals surface area contributed by atoms with Crippen LogP contribution in [0.15, 0.2) is 210 Å². The fourth-order valence-corrected chi connectivity index (χ4v) is 10.2. The predicted octanol–water partition coefficient (Wildman–Crippen LogP) is 13.5. The summed E-state index contributed by atoms with van der Waals surface area (Å²) in [6.45, 7) is 0. The summed E-state index contributed by atoms with van der Waals surface area (Å²) in [5.74, 6) is 0.691. The Bertz CT molecular complexity index is 2970. The van der Waals surface area contributed by atoms with E-state index in [1.165, 1.54) is 43.2 Å². The molecule has 0 saturated heterocycles. The molecule has 8 aromatic carbocycles. The molecule has 0 atom stereocenters. The van der Waals surface area contributed by atoms with E-state index in [1.807, 2.05) is 60.3 Å². The first-order chi connectivity index (χ1) is 28.7. The first-order valence-electron chi connectivity index (χ1n) is 19.5. The Labute approximate surface area is 342 Å². The van der Waals surface area contributed by atoms with Gasteiger partial charge in [-0.1, -0.05) is 176 Å². The van der Waals surface area contributed by atoms with Gasteiger partial charge in [0.25, 0.3) is 0 Å². The Morgan fingerprint density at radius 3 is 1.55 bits per heavy atom. The summed E-state index contributed by atoms with van der Waals surface area (Å²) in [5, 5.41) is 9.62. The van der Waals surface area contributed by atoms with Gasteiger partial charge in [0.1, 0.15) is 0 Å². The molecule has 0 radical (unpaired) electrons. The van der Waals surface area contributed by atoms with Gasteiger partial charge in [-0.3, -0.25) is 0 Å². The largest absolute Gasteiger partial charge is 0.228 e. The number of nitrogens with zero attached hydrogens (tertiary/aromatic N) is 3. The molecule has 0 fully saturated rings. The summed E-state index contributed by atoms with van der Waals surface area (Å²) in [7, 11) is 0.